The van der Waals surface area contributed by atoms with Crippen molar-refractivity contribution < 1.29 is 52.8 Å². The largest absolute Gasteiger partial charge is 0.358 e. The molecule has 3 nitrogen and oxygen atoms in total. The standard InChI is InChI=1S/C19H18N3.CH3.Ir.Y/c1-19(2,3)11-13-8-9-17-16(10-13)14-6-4-5-7-15(14)18-20-12-21-22(17)18;;;/h4-6,8-10,12H,11H2,1-3H3;1H3;;/q2*-1;;. The van der Waals surface area contributed by atoms with Gasteiger partial charge in [0.25, 0.3) is 0 Å². The van der Waals surface area contributed by atoms with E-state index in [1.54, 1.807) is 6.33 Å². The van der Waals surface area contributed by atoms with Crippen molar-refractivity contribution in [3.8, 4) is 0 Å². The van der Waals surface area contributed by atoms with Crippen molar-refractivity contribution in [2.45, 2.75) is 27.2 Å². The predicted molar refractivity (Wildman–Crippen MR) is 96.4 cm³/mol. The molecular weight excluding hydrogens is 563 g/mol. The second-order valence-electron chi connectivity index (χ2n) is 7.04. The molecule has 2 aromatic heterocycles. The Labute approximate surface area is 187 Å². The molecule has 4 aromatic rings. The van der Waals surface area contributed by atoms with Crippen LogP contribution in [0.5, 0.6) is 0 Å². The Kier molecular flexibility index (Phi) is 7.47. The molecule has 2 aromatic carbocycles. The van der Waals surface area contributed by atoms with E-state index < -0.39 is 0 Å². The maximum atomic E-state index is 4.40. The number of aromatic nitrogens is 3. The Morgan fingerprint density at radius 1 is 1.12 bits per heavy atom. The molecule has 0 aliphatic carbocycles. The number of rotatable bonds is 1. The van der Waals surface area contributed by atoms with Gasteiger partial charge in [0, 0.05) is 52.8 Å². The van der Waals surface area contributed by atoms with Crippen molar-refractivity contribution in [2.24, 2.45) is 5.41 Å². The average molecular weight is 585 g/mol. The van der Waals surface area contributed by atoms with Crippen molar-refractivity contribution in [3.63, 3.8) is 0 Å². The molecule has 0 aliphatic heterocycles. The molecular formula is C20H21IrN3Y-2. The SMILES string of the molecule is CC(C)(C)Cc1ccc2c(c1)c1ccc[c-]c1c1ncnn21.[CH3-].[Ir].[Y]. The molecule has 2 radical (unpaired) electrons. The van der Waals surface area contributed by atoms with E-state index in [9.17, 15) is 0 Å². The van der Waals surface area contributed by atoms with Crippen LogP contribution < -0.4 is 0 Å². The van der Waals surface area contributed by atoms with Crippen LogP contribution in [0.4, 0.5) is 0 Å². The molecule has 0 fully saturated rings. The molecule has 0 aliphatic rings. The number of hydrogen-bond acceptors (Lipinski definition) is 2. The van der Waals surface area contributed by atoms with Crippen molar-refractivity contribution in [2.75, 3.05) is 0 Å². The first-order chi connectivity index (χ1) is 10.5. The van der Waals surface area contributed by atoms with Gasteiger partial charge in [0.1, 0.15) is 6.33 Å². The van der Waals surface area contributed by atoms with Crippen LogP contribution in [0.3, 0.4) is 0 Å². The summed E-state index contributed by atoms with van der Waals surface area (Å²) < 4.78 is 1.91. The normalized spacial score (nSPS) is 11.0. The zero-order valence-electron chi connectivity index (χ0n) is 15.0. The molecule has 4 rings (SSSR count). The molecule has 0 saturated heterocycles. The molecule has 0 atom stereocenters. The van der Waals surface area contributed by atoms with Gasteiger partial charge in [0.2, 0.25) is 0 Å². The molecule has 0 bridgehead atoms. The summed E-state index contributed by atoms with van der Waals surface area (Å²) in [6, 6.07) is 16.1. The van der Waals surface area contributed by atoms with Crippen LogP contribution in [0.2, 0.25) is 0 Å². The first-order valence-corrected chi connectivity index (χ1v) is 7.58. The molecule has 2 heterocycles. The third kappa shape index (κ3) is 4.19. The molecule has 5 heteroatoms. The fourth-order valence-corrected chi connectivity index (χ4v) is 3.14. The molecule has 0 spiro atoms. The van der Waals surface area contributed by atoms with Crippen molar-refractivity contribution in [1.29, 1.82) is 0 Å². The third-order valence-electron chi connectivity index (χ3n) is 3.94. The minimum absolute atomic E-state index is 0. The van der Waals surface area contributed by atoms with Gasteiger partial charge in [0.15, 0.2) is 0 Å². The van der Waals surface area contributed by atoms with E-state index >= 15 is 0 Å². The quantitative estimate of drug-likeness (QED) is 0.236. The van der Waals surface area contributed by atoms with Gasteiger partial charge in [-0.25, -0.2) is 0 Å². The Balaban J connectivity index is 0.00000104. The molecule has 0 saturated carbocycles. The van der Waals surface area contributed by atoms with Gasteiger partial charge in [-0.1, -0.05) is 43.7 Å². The van der Waals surface area contributed by atoms with Crippen molar-refractivity contribution in [1.82, 2.24) is 14.6 Å². The number of hydrogen-bond donors (Lipinski definition) is 0. The zero-order valence-corrected chi connectivity index (χ0v) is 20.2. The zero-order chi connectivity index (χ0) is 15.3. The topological polar surface area (TPSA) is 30.2 Å². The summed E-state index contributed by atoms with van der Waals surface area (Å²) in [5, 5.41) is 7.82. The second-order valence-corrected chi connectivity index (χ2v) is 7.04. The number of fused-ring (bicyclic) bond motifs is 6. The Morgan fingerprint density at radius 2 is 1.88 bits per heavy atom. The van der Waals surface area contributed by atoms with E-state index in [0.29, 0.717) is 0 Å². The monoisotopic (exact) mass is 585 g/mol. The molecule has 0 unspecified atom stereocenters. The molecule has 25 heavy (non-hydrogen) atoms. The van der Waals surface area contributed by atoms with E-state index in [-0.39, 0.29) is 65.7 Å². The summed E-state index contributed by atoms with van der Waals surface area (Å²) in [6.45, 7) is 6.80. The van der Waals surface area contributed by atoms with E-state index in [1.807, 2.05) is 16.6 Å². The maximum Gasteiger partial charge on any atom is 0.127 e. The summed E-state index contributed by atoms with van der Waals surface area (Å²) in [6.07, 6.45) is 2.66. The predicted octanol–water partition coefficient (Wildman–Crippen LogP) is 4.87. The minimum Gasteiger partial charge on any atom is -0.358 e. The van der Waals surface area contributed by atoms with Gasteiger partial charge in [-0.05, 0) is 28.9 Å². The van der Waals surface area contributed by atoms with Crippen LogP contribution in [0.1, 0.15) is 26.3 Å². The first kappa shape index (κ1) is 22.4. The van der Waals surface area contributed by atoms with Gasteiger partial charge >= 0.3 is 0 Å². The van der Waals surface area contributed by atoms with Gasteiger partial charge in [-0.15, -0.1) is 24.3 Å². The Bertz CT molecular complexity index is 1000. The van der Waals surface area contributed by atoms with E-state index in [2.05, 4.69) is 61.2 Å². The average Bonchev–Trinajstić information content (AvgIpc) is 2.95. The van der Waals surface area contributed by atoms with Crippen LogP contribution in [-0.4, -0.2) is 14.6 Å². The van der Waals surface area contributed by atoms with E-state index in [1.165, 1.54) is 16.3 Å². The maximum absolute atomic E-state index is 4.40. The van der Waals surface area contributed by atoms with Gasteiger partial charge < -0.3 is 7.43 Å². The fraction of sp³-hybridized carbons (Fsp3) is 0.250. The summed E-state index contributed by atoms with van der Waals surface area (Å²) in [4.78, 5) is 4.40. The van der Waals surface area contributed by atoms with E-state index in [4.69, 9.17) is 0 Å². The van der Waals surface area contributed by atoms with Crippen LogP contribution >= 0.6 is 0 Å². The number of pyridine rings is 1. The van der Waals surface area contributed by atoms with Crippen LogP contribution in [0.15, 0.2) is 42.7 Å². The Morgan fingerprint density at radius 3 is 2.60 bits per heavy atom. The summed E-state index contributed by atoms with van der Waals surface area (Å²) in [5.41, 5.74) is 3.58. The van der Waals surface area contributed by atoms with E-state index in [0.717, 1.165) is 23.0 Å². The van der Waals surface area contributed by atoms with Gasteiger partial charge in [0.05, 0.1) is 11.2 Å². The Hall–Kier alpha value is -0.667. The first-order valence-electron chi connectivity index (χ1n) is 7.58. The van der Waals surface area contributed by atoms with Crippen LogP contribution in [0.25, 0.3) is 27.3 Å². The van der Waals surface area contributed by atoms with Crippen molar-refractivity contribution in [3.05, 3.63) is 61.8 Å². The van der Waals surface area contributed by atoms with Crippen LogP contribution in [0, 0.1) is 18.9 Å². The summed E-state index contributed by atoms with van der Waals surface area (Å²) in [5.74, 6) is 0. The van der Waals surface area contributed by atoms with Crippen LogP contribution in [-0.2, 0) is 59.2 Å². The number of nitrogens with zero attached hydrogens (tertiary/aromatic N) is 3. The van der Waals surface area contributed by atoms with Gasteiger partial charge in [-0.3, -0.25) is 9.50 Å². The van der Waals surface area contributed by atoms with Crippen molar-refractivity contribution >= 4 is 27.3 Å². The third-order valence-corrected chi connectivity index (χ3v) is 3.94. The fourth-order valence-electron chi connectivity index (χ4n) is 3.14. The molecule has 130 valence electrons. The minimum atomic E-state index is 0. The summed E-state index contributed by atoms with van der Waals surface area (Å²) in [7, 11) is 0. The molecule has 0 N–H and O–H groups in total. The smallest absolute Gasteiger partial charge is 0.127 e. The molecule has 0 amide bonds. The number of benzene rings is 2. The summed E-state index contributed by atoms with van der Waals surface area (Å²) >= 11 is 0. The second kappa shape index (κ2) is 8.35. The van der Waals surface area contributed by atoms with Gasteiger partial charge in [-0.2, -0.15) is 5.10 Å².